The topological polar surface area (TPSA) is 24.9 Å². The van der Waals surface area contributed by atoms with Crippen LogP contribution in [0.2, 0.25) is 0 Å². The molecule has 0 aliphatic heterocycles. The van der Waals surface area contributed by atoms with E-state index < -0.39 is 0 Å². The molecule has 0 bridgehead atoms. The lowest BCUT2D eigenvalue weighted by molar-refractivity contribution is 0.0730. The van der Waals surface area contributed by atoms with E-state index in [2.05, 4.69) is 59.2 Å². The number of aromatic nitrogens is 1. The van der Waals surface area contributed by atoms with E-state index in [0.29, 0.717) is 17.4 Å². The van der Waals surface area contributed by atoms with Gasteiger partial charge in [0.1, 0.15) is 5.01 Å². The van der Waals surface area contributed by atoms with Gasteiger partial charge in [-0.3, -0.25) is 0 Å². The van der Waals surface area contributed by atoms with Gasteiger partial charge in [0.15, 0.2) is 0 Å². The van der Waals surface area contributed by atoms with Gasteiger partial charge in [-0.05, 0) is 50.4 Å². The Balaban J connectivity index is 2.40. The highest BCUT2D eigenvalue weighted by atomic mass is 32.1. The van der Waals surface area contributed by atoms with Gasteiger partial charge in [0.05, 0.1) is 11.2 Å². The van der Waals surface area contributed by atoms with Gasteiger partial charge in [-0.15, -0.1) is 11.3 Å². The Morgan fingerprint density at radius 3 is 2.38 bits per heavy atom. The molecule has 0 spiro atoms. The summed E-state index contributed by atoms with van der Waals surface area (Å²) in [5.74, 6) is 1.26. The van der Waals surface area contributed by atoms with Crippen molar-refractivity contribution in [3.8, 4) is 0 Å². The van der Waals surface area contributed by atoms with E-state index in [1.165, 1.54) is 30.0 Å². The molecule has 0 aromatic carbocycles. The molecule has 1 fully saturated rings. The van der Waals surface area contributed by atoms with Gasteiger partial charge < -0.3 is 5.32 Å². The molecule has 0 amide bonds. The van der Waals surface area contributed by atoms with Crippen LogP contribution in [-0.4, -0.2) is 11.0 Å². The van der Waals surface area contributed by atoms with Gasteiger partial charge in [-0.1, -0.05) is 34.6 Å². The van der Waals surface area contributed by atoms with E-state index in [1.54, 1.807) is 0 Å². The zero-order chi connectivity index (χ0) is 15.8. The van der Waals surface area contributed by atoms with Crippen LogP contribution in [0, 0.1) is 11.3 Å². The van der Waals surface area contributed by atoms with Gasteiger partial charge >= 0.3 is 0 Å². The summed E-state index contributed by atoms with van der Waals surface area (Å²) in [5.41, 5.74) is 1.69. The third-order valence-corrected chi connectivity index (χ3v) is 5.53. The van der Waals surface area contributed by atoms with Crippen LogP contribution in [0.15, 0.2) is 5.38 Å². The molecule has 2 unspecified atom stereocenters. The fraction of sp³-hybridized carbons (Fsp3) is 0.833. The lowest BCUT2D eigenvalue weighted by atomic mass is 9.64. The van der Waals surface area contributed by atoms with E-state index in [-0.39, 0.29) is 5.54 Å². The van der Waals surface area contributed by atoms with Gasteiger partial charge in [0.2, 0.25) is 0 Å². The zero-order valence-electron chi connectivity index (χ0n) is 14.8. The summed E-state index contributed by atoms with van der Waals surface area (Å²) in [6.45, 7) is 16.2. The van der Waals surface area contributed by atoms with Gasteiger partial charge in [0.25, 0.3) is 0 Å². The summed E-state index contributed by atoms with van der Waals surface area (Å²) in [5, 5.41) is 7.46. The fourth-order valence-corrected chi connectivity index (χ4v) is 5.39. The van der Waals surface area contributed by atoms with Crippen molar-refractivity contribution in [1.29, 1.82) is 0 Å². The van der Waals surface area contributed by atoms with Crippen LogP contribution in [0.4, 0.5) is 0 Å². The maximum Gasteiger partial charge on any atom is 0.113 e. The molecule has 2 atom stereocenters. The van der Waals surface area contributed by atoms with Crippen LogP contribution in [0.1, 0.15) is 84.3 Å². The van der Waals surface area contributed by atoms with Crippen LogP contribution < -0.4 is 5.32 Å². The van der Waals surface area contributed by atoms with E-state index >= 15 is 0 Å². The first-order valence-electron chi connectivity index (χ1n) is 8.37. The number of hydrogen-bond acceptors (Lipinski definition) is 3. The first-order chi connectivity index (χ1) is 9.63. The van der Waals surface area contributed by atoms with Crippen molar-refractivity contribution < 1.29 is 0 Å². The van der Waals surface area contributed by atoms with Crippen molar-refractivity contribution in [2.24, 2.45) is 11.3 Å². The Hall–Kier alpha value is -0.410. The lowest BCUT2D eigenvalue weighted by Gasteiger charge is -2.48. The van der Waals surface area contributed by atoms with E-state index in [1.807, 2.05) is 11.3 Å². The molecule has 120 valence electrons. The summed E-state index contributed by atoms with van der Waals surface area (Å²) >= 11 is 1.85. The predicted octanol–water partition coefficient (Wildman–Crippen LogP) is 5.31. The third kappa shape index (κ3) is 3.87. The van der Waals surface area contributed by atoms with Gasteiger partial charge in [0, 0.05) is 11.4 Å². The minimum atomic E-state index is 0.0626. The smallest absolute Gasteiger partial charge is 0.113 e. The van der Waals surface area contributed by atoms with Crippen molar-refractivity contribution in [2.45, 2.75) is 85.2 Å². The molecule has 0 radical (unpaired) electrons. The first-order valence-corrected chi connectivity index (χ1v) is 9.25. The van der Waals surface area contributed by atoms with E-state index in [0.717, 1.165) is 5.92 Å². The van der Waals surface area contributed by atoms with Crippen LogP contribution in [0.5, 0.6) is 0 Å². The Morgan fingerprint density at radius 2 is 1.90 bits per heavy atom. The molecule has 2 rings (SSSR count). The standard InChI is InChI=1S/C18H32N2S/c1-12(2)15-10-21-16(19-15)18(20-13(3)4)9-14(5)8-17(6,7)11-18/h10,12-14,20H,8-9,11H2,1-7H3. The van der Waals surface area contributed by atoms with Gasteiger partial charge in [-0.2, -0.15) is 0 Å². The van der Waals surface area contributed by atoms with Crippen LogP contribution in [-0.2, 0) is 5.54 Å². The molecule has 2 nitrogen and oxygen atoms in total. The number of nitrogens with zero attached hydrogens (tertiary/aromatic N) is 1. The Labute approximate surface area is 134 Å². The average molecular weight is 309 g/mol. The molecule has 1 aromatic rings. The second-order valence-corrected chi connectivity index (χ2v) is 9.33. The normalized spacial score (nSPS) is 29.3. The highest BCUT2D eigenvalue weighted by molar-refractivity contribution is 7.09. The highest BCUT2D eigenvalue weighted by Gasteiger charge is 2.46. The lowest BCUT2D eigenvalue weighted by Crippen LogP contribution is -2.52. The molecular formula is C18H32N2S. The van der Waals surface area contributed by atoms with Crippen LogP contribution >= 0.6 is 11.3 Å². The number of rotatable bonds is 4. The Kier molecular flexibility index (Phi) is 4.84. The maximum atomic E-state index is 5.01. The highest BCUT2D eigenvalue weighted by Crippen LogP contribution is 2.49. The first kappa shape index (κ1) is 17.0. The minimum absolute atomic E-state index is 0.0626. The maximum absolute atomic E-state index is 5.01. The predicted molar refractivity (Wildman–Crippen MR) is 92.9 cm³/mol. The molecule has 1 N–H and O–H groups in total. The molecule has 0 saturated heterocycles. The monoisotopic (exact) mass is 308 g/mol. The summed E-state index contributed by atoms with van der Waals surface area (Å²) < 4.78 is 0. The van der Waals surface area contributed by atoms with E-state index in [4.69, 9.17) is 4.98 Å². The molecule has 21 heavy (non-hydrogen) atoms. The summed E-state index contributed by atoms with van der Waals surface area (Å²) in [4.78, 5) is 5.01. The molecular weight excluding hydrogens is 276 g/mol. The average Bonchev–Trinajstić information content (AvgIpc) is 2.73. The van der Waals surface area contributed by atoms with Crippen LogP contribution in [0.3, 0.4) is 0 Å². The van der Waals surface area contributed by atoms with Crippen molar-refractivity contribution in [3.05, 3.63) is 16.1 Å². The van der Waals surface area contributed by atoms with Crippen molar-refractivity contribution in [2.75, 3.05) is 0 Å². The second-order valence-electron chi connectivity index (χ2n) is 8.47. The zero-order valence-corrected chi connectivity index (χ0v) is 15.6. The summed E-state index contributed by atoms with van der Waals surface area (Å²) in [6, 6.07) is 0.484. The molecule has 1 heterocycles. The summed E-state index contributed by atoms with van der Waals surface area (Å²) in [7, 11) is 0. The molecule has 1 saturated carbocycles. The molecule has 1 aliphatic rings. The quantitative estimate of drug-likeness (QED) is 0.815. The van der Waals surface area contributed by atoms with Crippen molar-refractivity contribution in [3.63, 3.8) is 0 Å². The molecule has 1 aliphatic carbocycles. The molecule has 1 aromatic heterocycles. The Morgan fingerprint density at radius 1 is 1.24 bits per heavy atom. The van der Waals surface area contributed by atoms with Gasteiger partial charge in [-0.25, -0.2) is 4.98 Å². The second kappa shape index (κ2) is 6.00. The fourth-order valence-electron chi connectivity index (χ4n) is 4.23. The van der Waals surface area contributed by atoms with Crippen molar-refractivity contribution >= 4 is 11.3 Å². The third-order valence-electron chi connectivity index (χ3n) is 4.47. The van der Waals surface area contributed by atoms with Crippen molar-refractivity contribution in [1.82, 2.24) is 10.3 Å². The minimum Gasteiger partial charge on any atom is -0.303 e. The number of hydrogen-bond donors (Lipinski definition) is 1. The number of thiazole rings is 1. The number of nitrogens with one attached hydrogen (secondary N) is 1. The SMILES string of the molecule is CC1CC(C)(C)CC(NC(C)C)(c2nc(C(C)C)cs2)C1. The van der Waals surface area contributed by atoms with Crippen LogP contribution in [0.25, 0.3) is 0 Å². The van der Waals surface area contributed by atoms with E-state index in [9.17, 15) is 0 Å². The largest absolute Gasteiger partial charge is 0.303 e. The molecule has 3 heteroatoms. The summed E-state index contributed by atoms with van der Waals surface area (Å²) in [6.07, 6.45) is 3.71. The Bertz CT molecular complexity index is 471.